The molecule has 0 bridgehead atoms. The molecule has 1 N–H and O–H groups in total. The number of rotatable bonds is 10. The molecule has 0 atom stereocenters. The molecule has 29 heavy (non-hydrogen) atoms. The molecule has 0 spiro atoms. The predicted molar refractivity (Wildman–Crippen MR) is 107 cm³/mol. The van der Waals surface area contributed by atoms with Gasteiger partial charge < -0.3 is 9.84 Å². The first-order valence-corrected chi connectivity index (χ1v) is 10.3. The lowest BCUT2D eigenvalue weighted by Crippen LogP contribution is -2.24. The Labute approximate surface area is 171 Å². The number of aromatic nitrogens is 2. The second-order valence-corrected chi connectivity index (χ2v) is 7.55. The highest BCUT2D eigenvalue weighted by molar-refractivity contribution is 7.99. The lowest BCUT2D eigenvalue weighted by Gasteiger charge is -2.05. The molecule has 2 aromatic carbocycles. The third-order valence-electron chi connectivity index (χ3n) is 4.09. The van der Waals surface area contributed by atoms with Crippen molar-refractivity contribution in [1.82, 2.24) is 15.5 Å². The Morgan fingerprint density at radius 2 is 1.69 bits per heavy atom. The lowest BCUT2D eigenvalue weighted by atomic mass is 10.2. The largest absolute Gasteiger partial charge is 0.356 e. The van der Waals surface area contributed by atoms with Crippen molar-refractivity contribution < 1.29 is 18.1 Å². The molecule has 0 saturated carbocycles. The average Bonchev–Trinajstić information content (AvgIpc) is 3.18. The van der Waals surface area contributed by atoms with E-state index in [2.05, 4.69) is 15.5 Å². The number of benzene rings is 2. The molecule has 1 amide bonds. The summed E-state index contributed by atoms with van der Waals surface area (Å²) in [6, 6.07) is 12.2. The number of carbonyl (C=O) groups excluding carboxylic acids is 1. The molecular formula is C21H21F2N3O2S. The van der Waals surface area contributed by atoms with Gasteiger partial charge in [-0.2, -0.15) is 4.98 Å². The number of thioether (sulfide) groups is 1. The van der Waals surface area contributed by atoms with Gasteiger partial charge in [-0.05, 0) is 67.1 Å². The Kier molecular flexibility index (Phi) is 7.75. The minimum atomic E-state index is -0.322. The lowest BCUT2D eigenvalue weighted by molar-refractivity contribution is -0.121. The average molecular weight is 417 g/mol. The van der Waals surface area contributed by atoms with Gasteiger partial charge in [-0.25, -0.2) is 8.78 Å². The van der Waals surface area contributed by atoms with E-state index in [9.17, 15) is 13.6 Å². The highest BCUT2D eigenvalue weighted by atomic mass is 32.2. The van der Waals surface area contributed by atoms with Crippen LogP contribution in [0, 0.1) is 11.6 Å². The Bertz CT molecular complexity index is 914. The van der Waals surface area contributed by atoms with Crippen LogP contribution < -0.4 is 5.32 Å². The summed E-state index contributed by atoms with van der Waals surface area (Å²) in [5.74, 6) is 1.12. The molecule has 1 aromatic heterocycles. The van der Waals surface area contributed by atoms with Gasteiger partial charge >= 0.3 is 0 Å². The Balaban J connectivity index is 1.29. The summed E-state index contributed by atoms with van der Waals surface area (Å²) in [7, 11) is 0. The van der Waals surface area contributed by atoms with Crippen LogP contribution in [-0.2, 0) is 11.2 Å². The maximum Gasteiger partial charge on any atom is 0.226 e. The monoisotopic (exact) mass is 417 g/mol. The minimum absolute atomic E-state index is 0.0185. The molecule has 0 saturated heterocycles. The molecule has 3 rings (SSSR count). The second-order valence-electron chi connectivity index (χ2n) is 6.38. The smallest absolute Gasteiger partial charge is 0.226 e. The van der Waals surface area contributed by atoms with Gasteiger partial charge in [0.1, 0.15) is 11.6 Å². The van der Waals surface area contributed by atoms with E-state index in [-0.39, 0.29) is 17.5 Å². The molecular weight excluding hydrogens is 396 g/mol. The third kappa shape index (κ3) is 6.98. The molecule has 0 radical (unpaired) electrons. The number of amides is 1. The first kappa shape index (κ1) is 21.0. The summed E-state index contributed by atoms with van der Waals surface area (Å²) >= 11 is 1.63. The summed E-state index contributed by atoms with van der Waals surface area (Å²) < 4.78 is 31.0. The minimum Gasteiger partial charge on any atom is -0.356 e. The number of nitrogens with zero attached hydrogens (tertiary/aromatic N) is 2. The molecule has 0 aliphatic rings. The van der Waals surface area contributed by atoms with Gasteiger partial charge in [0.2, 0.25) is 17.6 Å². The van der Waals surface area contributed by atoms with E-state index in [1.165, 1.54) is 24.3 Å². The highest BCUT2D eigenvalue weighted by Crippen LogP contribution is 2.19. The summed E-state index contributed by atoms with van der Waals surface area (Å²) in [6.07, 6.45) is 2.31. The molecule has 8 heteroatoms. The molecule has 0 aliphatic carbocycles. The van der Waals surface area contributed by atoms with Crippen molar-refractivity contribution in [1.29, 1.82) is 0 Å². The van der Waals surface area contributed by atoms with Crippen LogP contribution >= 0.6 is 11.8 Å². The zero-order valence-electron chi connectivity index (χ0n) is 15.7. The predicted octanol–water partition coefficient (Wildman–Crippen LogP) is 4.64. The summed E-state index contributed by atoms with van der Waals surface area (Å²) in [5.41, 5.74) is 0.678. The van der Waals surface area contributed by atoms with Gasteiger partial charge in [0.05, 0.1) is 0 Å². The van der Waals surface area contributed by atoms with E-state index in [4.69, 9.17) is 4.52 Å². The Morgan fingerprint density at radius 3 is 2.41 bits per heavy atom. The normalized spacial score (nSPS) is 10.8. The molecule has 0 aliphatic heterocycles. The summed E-state index contributed by atoms with van der Waals surface area (Å²) in [4.78, 5) is 17.2. The highest BCUT2D eigenvalue weighted by Gasteiger charge is 2.09. The van der Waals surface area contributed by atoms with Crippen LogP contribution in [0.5, 0.6) is 0 Å². The topological polar surface area (TPSA) is 68.0 Å². The van der Waals surface area contributed by atoms with E-state index in [0.29, 0.717) is 43.1 Å². The Hall–Kier alpha value is -2.74. The van der Waals surface area contributed by atoms with Crippen LogP contribution in [0.4, 0.5) is 8.78 Å². The molecule has 1 heterocycles. The number of hydrogen-bond donors (Lipinski definition) is 1. The van der Waals surface area contributed by atoms with Crippen molar-refractivity contribution in [3.63, 3.8) is 0 Å². The van der Waals surface area contributed by atoms with Crippen LogP contribution in [0.15, 0.2) is 57.9 Å². The first-order valence-electron chi connectivity index (χ1n) is 9.34. The van der Waals surface area contributed by atoms with Crippen molar-refractivity contribution in [3.8, 4) is 11.4 Å². The van der Waals surface area contributed by atoms with E-state index >= 15 is 0 Å². The zero-order valence-corrected chi connectivity index (χ0v) is 16.6. The third-order valence-corrected chi connectivity index (χ3v) is 5.19. The quantitative estimate of drug-likeness (QED) is 0.385. The van der Waals surface area contributed by atoms with Crippen LogP contribution in [0.3, 0.4) is 0 Å². The number of aryl methyl sites for hydroxylation is 1. The van der Waals surface area contributed by atoms with Crippen LogP contribution in [-0.4, -0.2) is 28.3 Å². The van der Waals surface area contributed by atoms with Crippen LogP contribution in [0.25, 0.3) is 11.4 Å². The fourth-order valence-corrected chi connectivity index (χ4v) is 3.43. The Morgan fingerprint density at radius 1 is 1.00 bits per heavy atom. The van der Waals surface area contributed by atoms with Crippen LogP contribution in [0.1, 0.15) is 25.2 Å². The summed E-state index contributed by atoms with van der Waals surface area (Å²) in [5, 5.41) is 6.77. The van der Waals surface area contributed by atoms with Crippen molar-refractivity contribution in [2.24, 2.45) is 0 Å². The maximum absolute atomic E-state index is 13.0. The van der Waals surface area contributed by atoms with Crippen molar-refractivity contribution in [2.45, 2.75) is 30.6 Å². The van der Waals surface area contributed by atoms with Crippen molar-refractivity contribution in [2.75, 3.05) is 12.3 Å². The number of hydrogen-bond acceptors (Lipinski definition) is 5. The number of nitrogens with one attached hydrogen (secondary N) is 1. The fraction of sp³-hybridized carbons (Fsp3) is 0.286. The molecule has 5 nitrogen and oxygen atoms in total. The van der Waals surface area contributed by atoms with E-state index in [0.717, 1.165) is 17.1 Å². The van der Waals surface area contributed by atoms with Crippen molar-refractivity contribution >= 4 is 17.7 Å². The van der Waals surface area contributed by atoms with Gasteiger partial charge in [-0.1, -0.05) is 5.16 Å². The standard InChI is InChI=1S/C21H21F2N3O2S/c22-16-7-5-15(6-8-16)21-25-20(28-26-21)4-1-3-19(27)24-13-2-14-29-18-11-9-17(23)10-12-18/h5-12H,1-4,13-14H2,(H,24,27). The number of halogens is 2. The van der Waals surface area contributed by atoms with E-state index in [1.807, 2.05) is 0 Å². The molecule has 0 fully saturated rings. The first-order chi connectivity index (χ1) is 14.1. The van der Waals surface area contributed by atoms with E-state index < -0.39 is 0 Å². The number of carbonyl (C=O) groups is 1. The van der Waals surface area contributed by atoms with Crippen molar-refractivity contribution in [3.05, 3.63) is 66.1 Å². The fourth-order valence-electron chi connectivity index (χ4n) is 2.58. The maximum atomic E-state index is 13.0. The molecule has 152 valence electrons. The molecule has 3 aromatic rings. The zero-order chi connectivity index (χ0) is 20.5. The van der Waals surface area contributed by atoms with Gasteiger partial charge in [0.15, 0.2) is 0 Å². The van der Waals surface area contributed by atoms with Gasteiger partial charge in [0.25, 0.3) is 0 Å². The van der Waals surface area contributed by atoms with Gasteiger partial charge in [-0.3, -0.25) is 4.79 Å². The SMILES string of the molecule is O=C(CCCc1nc(-c2ccc(F)cc2)no1)NCCCSc1ccc(F)cc1. The van der Waals surface area contributed by atoms with E-state index in [1.54, 1.807) is 36.0 Å². The van der Waals surface area contributed by atoms with Gasteiger partial charge in [0, 0.05) is 29.8 Å². The van der Waals surface area contributed by atoms with Gasteiger partial charge in [-0.15, -0.1) is 11.8 Å². The summed E-state index contributed by atoms with van der Waals surface area (Å²) in [6.45, 7) is 0.600. The van der Waals surface area contributed by atoms with Crippen LogP contribution in [0.2, 0.25) is 0 Å². The second kappa shape index (κ2) is 10.7. The molecule has 0 unspecified atom stereocenters.